The number of hydrogen-bond acceptors (Lipinski definition) is 4. The first-order valence-corrected chi connectivity index (χ1v) is 10.2. The van der Waals surface area contributed by atoms with E-state index >= 15 is 0 Å². The molecule has 5 unspecified atom stereocenters. The third-order valence-corrected chi connectivity index (χ3v) is 6.78. The Kier molecular flexibility index (Phi) is 4.47. The van der Waals surface area contributed by atoms with Crippen molar-refractivity contribution in [2.75, 3.05) is 6.54 Å². The Labute approximate surface area is 157 Å². The molecule has 2 aliphatic carbocycles. The average molecular weight is 372 g/mol. The van der Waals surface area contributed by atoms with Crippen molar-refractivity contribution in [3.8, 4) is 0 Å². The normalized spacial score (nSPS) is 30.3. The highest BCUT2D eigenvalue weighted by Gasteiger charge is 2.59. The summed E-state index contributed by atoms with van der Waals surface area (Å²) in [6, 6.07) is 3.90. The third kappa shape index (κ3) is 2.90. The molecule has 26 heavy (non-hydrogen) atoms. The number of nitrogens with one attached hydrogen (secondary N) is 1. The fourth-order valence-corrected chi connectivity index (χ4v) is 5.50. The molecule has 2 bridgehead atoms. The minimum Gasteiger partial charge on any atom is -0.347 e. The summed E-state index contributed by atoms with van der Waals surface area (Å²) in [6.45, 7) is 4.07. The number of likely N-dealkylation sites (tertiary alicyclic amines) is 1. The molecular weight excluding hydrogens is 348 g/mol. The highest BCUT2D eigenvalue weighted by atomic mass is 32.1. The molecule has 2 fully saturated rings. The molecule has 6 heteroatoms. The fraction of sp³-hybridized carbons (Fsp3) is 0.550. The van der Waals surface area contributed by atoms with Crippen LogP contribution >= 0.6 is 11.3 Å². The number of amides is 3. The Morgan fingerprint density at radius 2 is 1.88 bits per heavy atom. The predicted molar refractivity (Wildman–Crippen MR) is 99.1 cm³/mol. The topological polar surface area (TPSA) is 66.5 Å². The molecule has 1 aliphatic heterocycles. The number of carbonyl (C=O) groups is 3. The summed E-state index contributed by atoms with van der Waals surface area (Å²) in [7, 11) is 0. The van der Waals surface area contributed by atoms with Gasteiger partial charge in [0, 0.05) is 4.88 Å². The summed E-state index contributed by atoms with van der Waals surface area (Å²) in [5, 5.41) is 5.02. The molecule has 4 rings (SSSR count). The van der Waals surface area contributed by atoms with E-state index in [9.17, 15) is 14.4 Å². The van der Waals surface area contributed by atoms with Gasteiger partial charge in [-0.1, -0.05) is 32.1 Å². The average Bonchev–Trinajstić information content (AvgIpc) is 3.35. The molecule has 0 spiro atoms. The van der Waals surface area contributed by atoms with E-state index in [0.29, 0.717) is 5.92 Å². The first-order valence-electron chi connectivity index (χ1n) is 9.32. The first kappa shape index (κ1) is 17.5. The zero-order valence-electron chi connectivity index (χ0n) is 15.1. The van der Waals surface area contributed by atoms with Gasteiger partial charge in [0.05, 0.1) is 17.9 Å². The van der Waals surface area contributed by atoms with Gasteiger partial charge in [-0.05, 0) is 42.0 Å². The number of carbonyl (C=O) groups excluding carboxylic acids is 3. The van der Waals surface area contributed by atoms with Crippen LogP contribution in [0.25, 0.3) is 0 Å². The van der Waals surface area contributed by atoms with Crippen molar-refractivity contribution in [1.29, 1.82) is 0 Å². The van der Waals surface area contributed by atoms with Crippen molar-refractivity contribution in [1.82, 2.24) is 10.2 Å². The number of rotatable bonds is 6. The Morgan fingerprint density at radius 1 is 1.23 bits per heavy atom. The molecule has 1 aromatic heterocycles. The summed E-state index contributed by atoms with van der Waals surface area (Å²) in [4.78, 5) is 40.3. The van der Waals surface area contributed by atoms with Crippen molar-refractivity contribution in [2.24, 2.45) is 29.6 Å². The largest absolute Gasteiger partial charge is 0.347 e. The van der Waals surface area contributed by atoms with E-state index in [1.807, 2.05) is 17.5 Å². The Balaban J connectivity index is 1.43. The van der Waals surface area contributed by atoms with Gasteiger partial charge in [-0.25, -0.2) is 0 Å². The lowest BCUT2D eigenvalue weighted by Gasteiger charge is -2.22. The second kappa shape index (κ2) is 6.65. The molecule has 3 aliphatic rings. The quantitative estimate of drug-likeness (QED) is 0.617. The molecule has 1 aromatic rings. The minimum atomic E-state index is -0.258. The summed E-state index contributed by atoms with van der Waals surface area (Å²) in [5.74, 6) is -0.289. The lowest BCUT2D eigenvalue weighted by Crippen LogP contribution is -2.43. The van der Waals surface area contributed by atoms with E-state index in [2.05, 4.69) is 31.3 Å². The van der Waals surface area contributed by atoms with Crippen LogP contribution in [0.1, 0.15) is 37.6 Å². The Bertz CT molecular complexity index is 725. The number of fused-ring (bicyclic) bond motifs is 5. The van der Waals surface area contributed by atoms with Crippen LogP contribution in [-0.4, -0.2) is 29.2 Å². The zero-order chi connectivity index (χ0) is 18.4. The van der Waals surface area contributed by atoms with E-state index in [4.69, 9.17) is 0 Å². The van der Waals surface area contributed by atoms with Crippen molar-refractivity contribution >= 4 is 29.1 Å². The predicted octanol–water partition coefficient (Wildman–Crippen LogP) is 2.76. The van der Waals surface area contributed by atoms with E-state index in [1.54, 1.807) is 11.3 Å². The zero-order valence-corrected chi connectivity index (χ0v) is 15.9. The molecule has 5 nitrogen and oxygen atoms in total. The van der Waals surface area contributed by atoms with Gasteiger partial charge in [-0.2, -0.15) is 0 Å². The second-order valence-corrected chi connectivity index (χ2v) is 9.01. The van der Waals surface area contributed by atoms with Gasteiger partial charge in [-0.3, -0.25) is 19.3 Å². The highest BCUT2D eigenvalue weighted by molar-refractivity contribution is 7.10. The van der Waals surface area contributed by atoms with E-state index in [1.165, 1.54) is 4.90 Å². The van der Waals surface area contributed by atoms with Crippen LogP contribution in [0.4, 0.5) is 0 Å². The Morgan fingerprint density at radius 3 is 2.42 bits per heavy atom. The van der Waals surface area contributed by atoms with Crippen LogP contribution < -0.4 is 5.32 Å². The molecular formula is C20H24N2O3S. The van der Waals surface area contributed by atoms with Gasteiger partial charge < -0.3 is 5.32 Å². The molecule has 0 radical (unpaired) electrons. The van der Waals surface area contributed by atoms with Gasteiger partial charge in [0.1, 0.15) is 6.54 Å². The van der Waals surface area contributed by atoms with E-state index in [0.717, 1.165) is 17.7 Å². The summed E-state index contributed by atoms with van der Waals surface area (Å²) < 4.78 is 0. The standard InChI is InChI=1S/C20H24N2O3S/c1-11(2)8-14(15-4-3-7-26-15)21-16(23)10-22-19(24)17-12-5-6-13(9-12)18(17)20(22)25/h3-7,11-14,17-18H,8-10H2,1-2H3,(H,21,23). The van der Waals surface area contributed by atoms with Crippen LogP contribution in [0.3, 0.4) is 0 Å². The number of imide groups is 1. The molecule has 1 saturated heterocycles. The summed E-state index contributed by atoms with van der Waals surface area (Å²) in [5.41, 5.74) is 0. The molecule has 5 atom stereocenters. The number of thiophene rings is 1. The van der Waals surface area contributed by atoms with Crippen molar-refractivity contribution in [3.05, 3.63) is 34.5 Å². The van der Waals surface area contributed by atoms with E-state index < -0.39 is 0 Å². The van der Waals surface area contributed by atoms with Crippen molar-refractivity contribution < 1.29 is 14.4 Å². The number of hydrogen-bond donors (Lipinski definition) is 1. The van der Waals surface area contributed by atoms with Gasteiger partial charge in [0.25, 0.3) is 0 Å². The SMILES string of the molecule is CC(C)CC(NC(=O)CN1C(=O)C2C3C=CC(C3)C2C1=O)c1cccs1. The number of allylic oxidation sites excluding steroid dienone is 2. The summed E-state index contributed by atoms with van der Waals surface area (Å²) in [6.07, 6.45) is 5.86. The van der Waals surface area contributed by atoms with Crippen LogP contribution in [0, 0.1) is 29.6 Å². The molecule has 2 heterocycles. The van der Waals surface area contributed by atoms with Crippen LogP contribution in [-0.2, 0) is 14.4 Å². The summed E-state index contributed by atoms with van der Waals surface area (Å²) >= 11 is 1.61. The van der Waals surface area contributed by atoms with Crippen LogP contribution in [0.15, 0.2) is 29.7 Å². The van der Waals surface area contributed by atoms with Gasteiger partial charge in [0.2, 0.25) is 17.7 Å². The molecule has 1 N–H and O–H groups in total. The van der Waals surface area contributed by atoms with Crippen molar-refractivity contribution in [3.63, 3.8) is 0 Å². The van der Waals surface area contributed by atoms with Crippen molar-refractivity contribution in [2.45, 2.75) is 32.7 Å². The van der Waals surface area contributed by atoms with Crippen LogP contribution in [0.5, 0.6) is 0 Å². The monoisotopic (exact) mass is 372 g/mol. The molecule has 138 valence electrons. The van der Waals surface area contributed by atoms with Gasteiger partial charge >= 0.3 is 0 Å². The lowest BCUT2D eigenvalue weighted by molar-refractivity contribution is -0.144. The second-order valence-electron chi connectivity index (χ2n) is 8.03. The molecule has 3 amide bonds. The third-order valence-electron chi connectivity index (χ3n) is 5.79. The fourth-order valence-electron chi connectivity index (χ4n) is 4.71. The van der Waals surface area contributed by atoms with Crippen LogP contribution in [0.2, 0.25) is 0 Å². The number of nitrogens with zero attached hydrogens (tertiary/aromatic N) is 1. The maximum absolute atomic E-state index is 12.7. The maximum atomic E-state index is 12.7. The lowest BCUT2D eigenvalue weighted by atomic mass is 9.85. The molecule has 0 aromatic carbocycles. The molecule has 1 saturated carbocycles. The minimum absolute atomic E-state index is 0.0762. The van der Waals surface area contributed by atoms with Gasteiger partial charge in [-0.15, -0.1) is 11.3 Å². The first-order chi connectivity index (χ1) is 12.5. The highest BCUT2D eigenvalue weighted by Crippen LogP contribution is 2.52. The maximum Gasteiger partial charge on any atom is 0.240 e. The van der Waals surface area contributed by atoms with Gasteiger partial charge in [0.15, 0.2) is 0 Å². The Hall–Kier alpha value is -1.95. The van der Waals surface area contributed by atoms with E-state index in [-0.39, 0.29) is 54.0 Å². The smallest absolute Gasteiger partial charge is 0.240 e.